The number of aryl methyl sites for hydroxylation is 2. The number of hydrogen-bond acceptors (Lipinski definition) is 5. The Labute approximate surface area is 159 Å². The van der Waals surface area contributed by atoms with Crippen molar-refractivity contribution in [2.75, 3.05) is 18.4 Å². The van der Waals surface area contributed by atoms with Crippen LogP contribution < -0.4 is 5.32 Å². The standard InChI is InChI=1S/C20H28N4OS/c1-12-14(3)26-19-17(12)18(21-11-22-19)23-13(2)20(25)24-9-8-15-6-4-5-7-16(15)10-24/h11,13,15-16H,4-10H2,1-3H3,(H,21,22,23)/t13-,15-,16-/m1/s1. The first-order valence-corrected chi connectivity index (χ1v) is 10.6. The predicted molar refractivity (Wildman–Crippen MR) is 107 cm³/mol. The number of amides is 1. The summed E-state index contributed by atoms with van der Waals surface area (Å²) in [5, 5.41) is 4.43. The fourth-order valence-corrected chi connectivity index (χ4v) is 5.63. The molecule has 1 N–H and O–H groups in total. The van der Waals surface area contributed by atoms with Crippen LogP contribution in [0.5, 0.6) is 0 Å². The van der Waals surface area contributed by atoms with Crippen LogP contribution in [0, 0.1) is 25.7 Å². The Morgan fingerprint density at radius 2 is 2.00 bits per heavy atom. The van der Waals surface area contributed by atoms with Crippen LogP contribution in [0.15, 0.2) is 6.33 Å². The quantitative estimate of drug-likeness (QED) is 0.879. The van der Waals surface area contributed by atoms with Crippen molar-refractivity contribution in [2.45, 2.75) is 58.9 Å². The summed E-state index contributed by atoms with van der Waals surface area (Å²) in [7, 11) is 0. The summed E-state index contributed by atoms with van der Waals surface area (Å²) in [5.41, 5.74) is 1.20. The average molecular weight is 373 g/mol. The number of likely N-dealkylation sites (tertiary alicyclic amines) is 1. The molecule has 3 atom stereocenters. The molecule has 1 saturated carbocycles. The van der Waals surface area contributed by atoms with E-state index < -0.39 is 0 Å². The molecule has 1 saturated heterocycles. The minimum absolute atomic E-state index is 0.199. The van der Waals surface area contributed by atoms with E-state index >= 15 is 0 Å². The summed E-state index contributed by atoms with van der Waals surface area (Å²) < 4.78 is 0. The van der Waals surface area contributed by atoms with E-state index in [9.17, 15) is 4.79 Å². The van der Waals surface area contributed by atoms with E-state index in [4.69, 9.17) is 0 Å². The zero-order valence-electron chi connectivity index (χ0n) is 15.9. The van der Waals surface area contributed by atoms with Gasteiger partial charge in [-0.05, 0) is 51.0 Å². The van der Waals surface area contributed by atoms with E-state index in [0.717, 1.165) is 35.0 Å². The third-order valence-electron chi connectivity index (χ3n) is 6.29. The van der Waals surface area contributed by atoms with Crippen LogP contribution in [0.25, 0.3) is 10.2 Å². The number of anilines is 1. The molecule has 1 aliphatic heterocycles. The molecule has 2 aromatic rings. The second-order valence-corrected chi connectivity index (χ2v) is 9.13. The first kappa shape index (κ1) is 17.7. The van der Waals surface area contributed by atoms with E-state index in [-0.39, 0.29) is 11.9 Å². The van der Waals surface area contributed by atoms with E-state index in [1.807, 2.05) is 6.92 Å². The minimum Gasteiger partial charge on any atom is -0.358 e. The molecule has 0 unspecified atom stereocenters. The van der Waals surface area contributed by atoms with Crippen molar-refractivity contribution < 1.29 is 4.79 Å². The molecule has 26 heavy (non-hydrogen) atoms. The Kier molecular flexibility index (Phi) is 4.86. The smallest absolute Gasteiger partial charge is 0.244 e. The highest BCUT2D eigenvalue weighted by atomic mass is 32.1. The van der Waals surface area contributed by atoms with Crippen LogP contribution in [-0.4, -0.2) is 39.9 Å². The lowest BCUT2D eigenvalue weighted by molar-refractivity contribution is -0.134. The van der Waals surface area contributed by atoms with Gasteiger partial charge in [0.2, 0.25) is 5.91 Å². The van der Waals surface area contributed by atoms with Crippen molar-refractivity contribution in [3.05, 3.63) is 16.8 Å². The third kappa shape index (κ3) is 3.20. The van der Waals surface area contributed by atoms with Crippen molar-refractivity contribution >= 4 is 33.3 Å². The third-order valence-corrected chi connectivity index (χ3v) is 7.41. The monoisotopic (exact) mass is 372 g/mol. The van der Waals surface area contributed by atoms with Crippen LogP contribution in [0.2, 0.25) is 0 Å². The average Bonchev–Trinajstić information content (AvgIpc) is 2.95. The Hall–Kier alpha value is -1.69. The highest BCUT2D eigenvalue weighted by Crippen LogP contribution is 2.36. The molecule has 140 valence electrons. The molecule has 2 fully saturated rings. The molecular weight excluding hydrogens is 344 g/mol. The molecule has 1 aliphatic carbocycles. The number of fused-ring (bicyclic) bond motifs is 2. The van der Waals surface area contributed by atoms with Crippen LogP contribution in [0.1, 0.15) is 49.5 Å². The van der Waals surface area contributed by atoms with Crippen LogP contribution in [0.3, 0.4) is 0 Å². The minimum atomic E-state index is -0.271. The van der Waals surface area contributed by atoms with Gasteiger partial charge in [-0.25, -0.2) is 9.97 Å². The Morgan fingerprint density at radius 1 is 1.23 bits per heavy atom. The molecule has 6 heteroatoms. The number of carbonyl (C=O) groups is 1. The SMILES string of the molecule is Cc1sc2ncnc(N[C@H](C)C(=O)N3CC[C@H]4CCCC[C@@H]4C3)c2c1C. The summed E-state index contributed by atoms with van der Waals surface area (Å²) in [4.78, 5) is 26.2. The van der Waals surface area contributed by atoms with E-state index in [1.54, 1.807) is 17.7 Å². The van der Waals surface area contributed by atoms with Gasteiger partial charge >= 0.3 is 0 Å². The van der Waals surface area contributed by atoms with Crippen molar-refractivity contribution in [1.29, 1.82) is 0 Å². The number of thiophene rings is 1. The fourth-order valence-electron chi connectivity index (χ4n) is 4.63. The highest BCUT2D eigenvalue weighted by Gasteiger charge is 2.34. The van der Waals surface area contributed by atoms with Gasteiger partial charge < -0.3 is 10.2 Å². The van der Waals surface area contributed by atoms with Gasteiger partial charge in [-0.15, -0.1) is 11.3 Å². The van der Waals surface area contributed by atoms with E-state index in [2.05, 4.69) is 34.0 Å². The van der Waals surface area contributed by atoms with Gasteiger partial charge in [-0.1, -0.05) is 19.3 Å². The lowest BCUT2D eigenvalue weighted by atomic mass is 9.75. The van der Waals surface area contributed by atoms with Gasteiger partial charge in [0, 0.05) is 18.0 Å². The number of carbonyl (C=O) groups excluding carboxylic acids is 1. The summed E-state index contributed by atoms with van der Waals surface area (Å²) >= 11 is 1.68. The Balaban J connectivity index is 1.48. The highest BCUT2D eigenvalue weighted by molar-refractivity contribution is 7.18. The Morgan fingerprint density at radius 3 is 2.81 bits per heavy atom. The Bertz CT molecular complexity index is 817. The molecule has 2 aromatic heterocycles. The van der Waals surface area contributed by atoms with Gasteiger partial charge in [0.25, 0.3) is 0 Å². The topological polar surface area (TPSA) is 58.1 Å². The van der Waals surface area contributed by atoms with Crippen molar-refractivity contribution in [2.24, 2.45) is 11.8 Å². The maximum absolute atomic E-state index is 13.0. The van der Waals surface area contributed by atoms with Crippen LogP contribution in [0.4, 0.5) is 5.82 Å². The molecule has 3 heterocycles. The summed E-state index contributed by atoms with van der Waals surface area (Å²) in [5.74, 6) is 2.53. The van der Waals surface area contributed by atoms with Gasteiger partial charge in [0.15, 0.2) is 0 Å². The maximum Gasteiger partial charge on any atom is 0.244 e. The lowest BCUT2D eigenvalue weighted by Crippen LogP contribution is -2.49. The summed E-state index contributed by atoms with van der Waals surface area (Å²) in [6.07, 6.45) is 8.10. The van der Waals surface area contributed by atoms with E-state index in [1.165, 1.54) is 42.5 Å². The number of nitrogens with one attached hydrogen (secondary N) is 1. The lowest BCUT2D eigenvalue weighted by Gasteiger charge is -2.42. The van der Waals surface area contributed by atoms with Gasteiger partial charge in [-0.3, -0.25) is 4.79 Å². The van der Waals surface area contributed by atoms with Crippen LogP contribution >= 0.6 is 11.3 Å². The number of nitrogens with zero attached hydrogens (tertiary/aromatic N) is 3. The zero-order valence-corrected chi connectivity index (χ0v) is 16.7. The normalized spacial score (nSPS) is 24.3. The number of piperidine rings is 1. The van der Waals surface area contributed by atoms with Crippen molar-refractivity contribution in [3.63, 3.8) is 0 Å². The second-order valence-electron chi connectivity index (χ2n) is 7.93. The van der Waals surface area contributed by atoms with Crippen molar-refractivity contribution in [1.82, 2.24) is 14.9 Å². The van der Waals surface area contributed by atoms with Crippen LogP contribution in [-0.2, 0) is 4.79 Å². The summed E-state index contributed by atoms with van der Waals surface area (Å²) in [6, 6.07) is -0.271. The molecule has 1 amide bonds. The fraction of sp³-hybridized carbons (Fsp3) is 0.650. The largest absolute Gasteiger partial charge is 0.358 e. The second kappa shape index (κ2) is 7.14. The first-order valence-electron chi connectivity index (χ1n) is 9.80. The molecule has 0 radical (unpaired) electrons. The van der Waals surface area contributed by atoms with Gasteiger partial charge in [0.1, 0.15) is 23.0 Å². The van der Waals surface area contributed by atoms with Crippen molar-refractivity contribution in [3.8, 4) is 0 Å². The zero-order chi connectivity index (χ0) is 18.3. The van der Waals surface area contributed by atoms with Gasteiger partial charge in [0.05, 0.1) is 5.39 Å². The predicted octanol–water partition coefficient (Wildman–Crippen LogP) is 4.15. The molecule has 0 bridgehead atoms. The number of hydrogen-bond donors (Lipinski definition) is 1. The van der Waals surface area contributed by atoms with E-state index in [0.29, 0.717) is 5.92 Å². The molecule has 2 aliphatic rings. The number of rotatable bonds is 3. The van der Waals surface area contributed by atoms with Gasteiger partial charge in [-0.2, -0.15) is 0 Å². The number of aromatic nitrogens is 2. The molecule has 0 spiro atoms. The molecule has 4 rings (SSSR count). The maximum atomic E-state index is 13.0. The summed E-state index contributed by atoms with van der Waals surface area (Å²) in [6.45, 7) is 8.00. The molecule has 5 nitrogen and oxygen atoms in total. The molecule has 0 aromatic carbocycles. The molecular formula is C20H28N4OS. The first-order chi connectivity index (χ1) is 12.5.